The van der Waals surface area contributed by atoms with Gasteiger partial charge in [-0.25, -0.2) is 13.1 Å². The lowest BCUT2D eigenvalue weighted by molar-refractivity contribution is -0.116. The summed E-state index contributed by atoms with van der Waals surface area (Å²) >= 11 is 11.8. The molecule has 0 unspecified atom stereocenters. The molecule has 9 heteroatoms. The van der Waals surface area contributed by atoms with E-state index in [1.165, 1.54) is 12.1 Å². The Hall–Kier alpha value is -1.80. The van der Waals surface area contributed by atoms with E-state index in [1.54, 1.807) is 30.3 Å². The van der Waals surface area contributed by atoms with Crippen LogP contribution in [0.25, 0.3) is 0 Å². The van der Waals surface area contributed by atoms with E-state index < -0.39 is 10.0 Å². The Labute approximate surface area is 163 Å². The molecule has 0 atom stereocenters. The van der Waals surface area contributed by atoms with Gasteiger partial charge in [-0.05, 0) is 36.4 Å². The fraction of sp³-hybridized carbons (Fsp3) is 0.235. The molecule has 2 aromatic rings. The second kappa shape index (κ2) is 8.73. The van der Waals surface area contributed by atoms with Crippen LogP contribution in [-0.2, 0) is 14.8 Å². The van der Waals surface area contributed by atoms with Gasteiger partial charge in [0.2, 0.25) is 15.9 Å². The molecule has 0 heterocycles. The van der Waals surface area contributed by atoms with Crippen LogP contribution in [0, 0.1) is 0 Å². The minimum absolute atomic E-state index is 0.0286. The van der Waals surface area contributed by atoms with Crippen molar-refractivity contribution in [3.63, 3.8) is 0 Å². The first-order valence-corrected chi connectivity index (χ1v) is 9.95. The maximum absolute atomic E-state index is 12.2. The number of amides is 1. The highest BCUT2D eigenvalue weighted by Gasteiger charge is 2.15. The zero-order chi connectivity index (χ0) is 19.3. The lowest BCUT2D eigenvalue weighted by atomic mass is 10.2. The molecule has 140 valence electrons. The Morgan fingerprint density at radius 2 is 1.77 bits per heavy atom. The van der Waals surface area contributed by atoms with Gasteiger partial charge < -0.3 is 10.2 Å². The van der Waals surface area contributed by atoms with Crippen LogP contribution in [0.2, 0.25) is 10.0 Å². The Morgan fingerprint density at radius 1 is 1.08 bits per heavy atom. The van der Waals surface area contributed by atoms with Crippen molar-refractivity contribution in [2.75, 3.05) is 30.9 Å². The monoisotopic (exact) mass is 415 g/mol. The maximum Gasteiger partial charge on any atom is 0.240 e. The quantitative estimate of drug-likeness (QED) is 0.726. The Balaban J connectivity index is 1.97. The molecule has 0 saturated carbocycles. The maximum atomic E-state index is 12.2. The summed E-state index contributed by atoms with van der Waals surface area (Å²) < 4.78 is 26.8. The van der Waals surface area contributed by atoms with Gasteiger partial charge in [-0.15, -0.1) is 0 Å². The van der Waals surface area contributed by atoms with E-state index in [0.29, 0.717) is 15.7 Å². The summed E-state index contributed by atoms with van der Waals surface area (Å²) in [6.07, 6.45) is -0.0286. The Kier molecular flexibility index (Phi) is 6.88. The van der Waals surface area contributed by atoms with Crippen LogP contribution < -0.4 is 14.9 Å². The number of benzene rings is 2. The highest BCUT2D eigenvalue weighted by Crippen LogP contribution is 2.27. The fourth-order valence-electron chi connectivity index (χ4n) is 2.23. The predicted octanol–water partition coefficient (Wildman–Crippen LogP) is 3.37. The average Bonchev–Trinajstić information content (AvgIpc) is 2.54. The van der Waals surface area contributed by atoms with Crippen LogP contribution in [0.4, 0.5) is 11.4 Å². The van der Waals surface area contributed by atoms with E-state index in [-0.39, 0.29) is 23.8 Å². The topological polar surface area (TPSA) is 78.5 Å². The predicted molar refractivity (Wildman–Crippen MR) is 106 cm³/mol. The smallest absolute Gasteiger partial charge is 0.240 e. The third kappa shape index (κ3) is 5.60. The number of carbonyl (C=O) groups excluding carboxylic acids is 1. The molecule has 2 aromatic carbocycles. The number of hydrogen-bond acceptors (Lipinski definition) is 4. The fourth-order valence-corrected chi connectivity index (χ4v) is 3.73. The molecule has 0 bridgehead atoms. The van der Waals surface area contributed by atoms with E-state index in [9.17, 15) is 13.2 Å². The summed E-state index contributed by atoms with van der Waals surface area (Å²) in [5.41, 5.74) is 1.35. The van der Waals surface area contributed by atoms with Gasteiger partial charge in [0.05, 0.1) is 16.3 Å². The van der Waals surface area contributed by atoms with Gasteiger partial charge in [0.1, 0.15) is 0 Å². The molecular weight excluding hydrogens is 397 g/mol. The lowest BCUT2D eigenvalue weighted by Crippen LogP contribution is -2.28. The lowest BCUT2D eigenvalue weighted by Gasteiger charge is -2.18. The molecule has 0 aliphatic rings. The molecule has 0 aliphatic heterocycles. The Morgan fingerprint density at radius 3 is 2.42 bits per heavy atom. The van der Waals surface area contributed by atoms with E-state index in [2.05, 4.69) is 10.0 Å². The molecule has 0 aromatic heterocycles. The highest BCUT2D eigenvalue weighted by atomic mass is 35.5. The summed E-state index contributed by atoms with van der Waals surface area (Å²) in [6, 6.07) is 11.1. The SMILES string of the molecule is CN(C)c1ccc(Cl)cc1NC(=O)CCNS(=O)(=O)c1cccc(Cl)c1. The van der Waals surface area contributed by atoms with E-state index in [0.717, 1.165) is 5.69 Å². The number of anilines is 2. The van der Waals surface area contributed by atoms with Crippen molar-refractivity contribution in [3.8, 4) is 0 Å². The summed E-state index contributed by atoms with van der Waals surface area (Å²) in [5.74, 6) is -0.329. The molecule has 0 radical (unpaired) electrons. The van der Waals surface area contributed by atoms with Crippen LogP contribution in [-0.4, -0.2) is 35.0 Å². The summed E-state index contributed by atoms with van der Waals surface area (Å²) in [4.78, 5) is 14.0. The normalized spacial score (nSPS) is 11.2. The highest BCUT2D eigenvalue weighted by molar-refractivity contribution is 7.89. The summed E-state index contributed by atoms with van der Waals surface area (Å²) in [5, 5.41) is 3.56. The summed E-state index contributed by atoms with van der Waals surface area (Å²) in [7, 11) is -0.0329. The first kappa shape index (κ1) is 20.5. The van der Waals surface area contributed by atoms with Crippen molar-refractivity contribution in [1.29, 1.82) is 0 Å². The van der Waals surface area contributed by atoms with Gasteiger partial charge in [-0.3, -0.25) is 4.79 Å². The number of rotatable bonds is 7. The van der Waals surface area contributed by atoms with E-state index in [1.807, 2.05) is 19.0 Å². The Bertz CT molecular complexity index is 902. The molecule has 0 spiro atoms. The van der Waals surface area contributed by atoms with Crippen molar-refractivity contribution in [3.05, 3.63) is 52.5 Å². The van der Waals surface area contributed by atoms with Crippen molar-refractivity contribution in [2.45, 2.75) is 11.3 Å². The minimum atomic E-state index is -3.72. The zero-order valence-electron chi connectivity index (χ0n) is 14.3. The van der Waals surface area contributed by atoms with Gasteiger partial charge in [-0.1, -0.05) is 29.3 Å². The molecule has 2 rings (SSSR count). The minimum Gasteiger partial charge on any atom is -0.376 e. The molecule has 0 aliphatic carbocycles. The third-order valence-electron chi connectivity index (χ3n) is 3.47. The van der Waals surface area contributed by atoms with Crippen molar-refractivity contribution in [1.82, 2.24) is 4.72 Å². The van der Waals surface area contributed by atoms with Crippen LogP contribution in [0.15, 0.2) is 47.4 Å². The van der Waals surface area contributed by atoms with Gasteiger partial charge in [0.25, 0.3) is 0 Å². The average molecular weight is 416 g/mol. The number of nitrogens with one attached hydrogen (secondary N) is 2. The number of carbonyl (C=O) groups is 1. The molecule has 2 N–H and O–H groups in total. The third-order valence-corrected chi connectivity index (χ3v) is 5.39. The number of hydrogen-bond donors (Lipinski definition) is 2. The van der Waals surface area contributed by atoms with Crippen molar-refractivity contribution < 1.29 is 13.2 Å². The van der Waals surface area contributed by atoms with Crippen LogP contribution >= 0.6 is 23.2 Å². The molecule has 1 amide bonds. The van der Waals surface area contributed by atoms with Gasteiger partial charge >= 0.3 is 0 Å². The van der Waals surface area contributed by atoms with Crippen molar-refractivity contribution in [2.24, 2.45) is 0 Å². The zero-order valence-corrected chi connectivity index (χ0v) is 16.6. The first-order valence-electron chi connectivity index (χ1n) is 7.71. The van der Waals surface area contributed by atoms with Gasteiger partial charge in [0.15, 0.2) is 0 Å². The van der Waals surface area contributed by atoms with Gasteiger partial charge in [0, 0.05) is 37.1 Å². The standard InChI is InChI=1S/C17H19Cl2N3O3S/c1-22(2)16-7-6-13(19)11-15(16)21-17(23)8-9-20-26(24,25)14-5-3-4-12(18)10-14/h3-7,10-11,20H,8-9H2,1-2H3,(H,21,23). The molecule has 26 heavy (non-hydrogen) atoms. The second-order valence-electron chi connectivity index (χ2n) is 5.71. The number of halogens is 2. The largest absolute Gasteiger partial charge is 0.376 e. The summed E-state index contributed by atoms with van der Waals surface area (Å²) in [6.45, 7) is -0.0431. The number of nitrogens with zero attached hydrogens (tertiary/aromatic N) is 1. The number of sulfonamides is 1. The second-order valence-corrected chi connectivity index (χ2v) is 8.35. The molecular formula is C17H19Cl2N3O3S. The van der Waals surface area contributed by atoms with Crippen LogP contribution in [0.3, 0.4) is 0 Å². The first-order chi connectivity index (χ1) is 12.2. The van der Waals surface area contributed by atoms with E-state index in [4.69, 9.17) is 23.2 Å². The van der Waals surface area contributed by atoms with Crippen LogP contribution in [0.5, 0.6) is 0 Å². The molecule has 0 saturated heterocycles. The van der Waals surface area contributed by atoms with Crippen molar-refractivity contribution >= 4 is 50.5 Å². The van der Waals surface area contributed by atoms with Gasteiger partial charge in [-0.2, -0.15) is 0 Å². The molecule has 6 nitrogen and oxygen atoms in total. The molecule has 0 fully saturated rings. The van der Waals surface area contributed by atoms with Crippen LogP contribution in [0.1, 0.15) is 6.42 Å². The van der Waals surface area contributed by atoms with E-state index >= 15 is 0 Å².